The van der Waals surface area contributed by atoms with Crippen LogP contribution in [0.1, 0.15) is 5.56 Å². The molecule has 1 heterocycles. The van der Waals surface area contributed by atoms with Gasteiger partial charge < -0.3 is 10.1 Å². The smallest absolute Gasteiger partial charge is 0.244 e. The standard InChI is InChI=1S/C15H16FN3O2/c1-19-11-12(10-18-19)5-6-15(20)17-7-8-21-14-4-2-3-13(16)9-14/h2-6,9-11H,7-8H2,1H3,(H,17,20)/b6-5+. The highest BCUT2D eigenvalue weighted by molar-refractivity contribution is 5.91. The van der Waals surface area contributed by atoms with E-state index in [4.69, 9.17) is 4.74 Å². The number of aromatic nitrogens is 2. The predicted molar refractivity (Wildman–Crippen MR) is 77.1 cm³/mol. The number of aryl methyl sites for hydroxylation is 1. The number of nitrogens with zero attached hydrogens (tertiary/aromatic N) is 2. The molecule has 1 N–H and O–H groups in total. The minimum Gasteiger partial charge on any atom is -0.492 e. The van der Waals surface area contributed by atoms with E-state index in [9.17, 15) is 9.18 Å². The van der Waals surface area contributed by atoms with Gasteiger partial charge in [0.2, 0.25) is 5.91 Å². The molecule has 0 fully saturated rings. The summed E-state index contributed by atoms with van der Waals surface area (Å²) in [6.45, 7) is 0.614. The molecule has 0 unspecified atom stereocenters. The Bertz CT molecular complexity index is 637. The number of amides is 1. The summed E-state index contributed by atoms with van der Waals surface area (Å²) in [5.41, 5.74) is 0.851. The molecule has 0 radical (unpaired) electrons. The highest BCUT2D eigenvalue weighted by atomic mass is 19.1. The van der Waals surface area contributed by atoms with E-state index in [1.54, 1.807) is 42.3 Å². The number of halogens is 1. The molecule has 0 saturated carbocycles. The molecule has 1 aromatic carbocycles. The van der Waals surface area contributed by atoms with Gasteiger partial charge in [0, 0.05) is 31.0 Å². The summed E-state index contributed by atoms with van der Waals surface area (Å²) in [4.78, 5) is 11.5. The van der Waals surface area contributed by atoms with Gasteiger partial charge in [-0.25, -0.2) is 4.39 Å². The Morgan fingerprint density at radius 3 is 3.10 bits per heavy atom. The highest BCUT2D eigenvalue weighted by Crippen LogP contribution is 2.11. The molecule has 2 aromatic rings. The van der Waals surface area contributed by atoms with Crippen LogP contribution in [0.15, 0.2) is 42.7 Å². The van der Waals surface area contributed by atoms with Crippen molar-refractivity contribution in [3.63, 3.8) is 0 Å². The monoisotopic (exact) mass is 289 g/mol. The molecule has 0 bridgehead atoms. The van der Waals surface area contributed by atoms with Crippen molar-refractivity contribution in [1.29, 1.82) is 0 Å². The number of hydrogen-bond acceptors (Lipinski definition) is 3. The summed E-state index contributed by atoms with van der Waals surface area (Å²) in [7, 11) is 1.81. The zero-order valence-corrected chi connectivity index (χ0v) is 11.6. The van der Waals surface area contributed by atoms with Crippen LogP contribution >= 0.6 is 0 Å². The molecule has 0 saturated heterocycles. The fraction of sp³-hybridized carbons (Fsp3) is 0.200. The Morgan fingerprint density at radius 2 is 2.38 bits per heavy atom. The Labute approximate surface area is 122 Å². The SMILES string of the molecule is Cn1cc(/C=C/C(=O)NCCOc2cccc(F)c2)cn1. The molecule has 0 spiro atoms. The Morgan fingerprint density at radius 1 is 1.52 bits per heavy atom. The predicted octanol–water partition coefficient (Wildman–Crippen LogP) is 1.77. The number of benzene rings is 1. The number of rotatable bonds is 6. The average Bonchev–Trinajstić information content (AvgIpc) is 2.87. The third-order valence-corrected chi connectivity index (χ3v) is 2.62. The summed E-state index contributed by atoms with van der Waals surface area (Å²) in [5.74, 6) is -0.132. The number of ether oxygens (including phenoxy) is 1. The van der Waals surface area contributed by atoms with Gasteiger partial charge in [-0.1, -0.05) is 6.07 Å². The fourth-order valence-corrected chi connectivity index (χ4v) is 1.66. The van der Waals surface area contributed by atoms with E-state index >= 15 is 0 Å². The summed E-state index contributed by atoms with van der Waals surface area (Å²) < 4.78 is 19.9. The first-order chi connectivity index (χ1) is 10.1. The van der Waals surface area contributed by atoms with Gasteiger partial charge in [-0.05, 0) is 18.2 Å². The lowest BCUT2D eigenvalue weighted by molar-refractivity contribution is -0.116. The topological polar surface area (TPSA) is 56.2 Å². The molecule has 5 nitrogen and oxygen atoms in total. The van der Waals surface area contributed by atoms with Crippen molar-refractivity contribution in [2.24, 2.45) is 7.05 Å². The summed E-state index contributed by atoms with van der Waals surface area (Å²) in [5, 5.41) is 6.67. The number of carbonyl (C=O) groups is 1. The second-order valence-electron chi connectivity index (χ2n) is 4.38. The molecule has 1 aromatic heterocycles. The van der Waals surface area contributed by atoms with Crippen LogP contribution < -0.4 is 10.1 Å². The Hall–Kier alpha value is -2.63. The van der Waals surface area contributed by atoms with Crippen molar-refractivity contribution in [2.45, 2.75) is 0 Å². The number of carbonyl (C=O) groups excluding carboxylic acids is 1. The van der Waals surface area contributed by atoms with Crippen molar-refractivity contribution in [2.75, 3.05) is 13.2 Å². The highest BCUT2D eigenvalue weighted by Gasteiger charge is 1.98. The number of hydrogen-bond donors (Lipinski definition) is 1. The average molecular weight is 289 g/mol. The molecule has 21 heavy (non-hydrogen) atoms. The molecule has 0 atom stereocenters. The molecule has 110 valence electrons. The van der Waals surface area contributed by atoms with Crippen LogP contribution in [0, 0.1) is 5.82 Å². The van der Waals surface area contributed by atoms with Crippen LogP contribution in [-0.2, 0) is 11.8 Å². The van der Waals surface area contributed by atoms with E-state index in [0.29, 0.717) is 12.3 Å². The van der Waals surface area contributed by atoms with E-state index < -0.39 is 0 Å². The lowest BCUT2D eigenvalue weighted by Gasteiger charge is -2.06. The van der Waals surface area contributed by atoms with Crippen molar-refractivity contribution in [1.82, 2.24) is 15.1 Å². The lowest BCUT2D eigenvalue weighted by Crippen LogP contribution is -2.26. The van der Waals surface area contributed by atoms with Crippen LogP contribution in [0.4, 0.5) is 4.39 Å². The molecular weight excluding hydrogens is 273 g/mol. The first kappa shape index (κ1) is 14.8. The van der Waals surface area contributed by atoms with Crippen LogP contribution in [0.3, 0.4) is 0 Å². The van der Waals surface area contributed by atoms with Crippen molar-refractivity contribution in [3.8, 4) is 5.75 Å². The first-order valence-corrected chi connectivity index (χ1v) is 6.46. The van der Waals surface area contributed by atoms with E-state index in [1.165, 1.54) is 18.2 Å². The van der Waals surface area contributed by atoms with Gasteiger partial charge in [0.25, 0.3) is 0 Å². The van der Waals surface area contributed by atoms with E-state index in [-0.39, 0.29) is 18.3 Å². The van der Waals surface area contributed by atoms with Crippen LogP contribution in [-0.4, -0.2) is 28.8 Å². The van der Waals surface area contributed by atoms with Gasteiger partial charge in [0.15, 0.2) is 0 Å². The van der Waals surface area contributed by atoms with Gasteiger partial charge in [-0.15, -0.1) is 0 Å². The Kier molecular flexibility index (Phi) is 5.09. The molecule has 0 aliphatic rings. The third-order valence-electron chi connectivity index (χ3n) is 2.62. The molecular formula is C15H16FN3O2. The van der Waals surface area contributed by atoms with Gasteiger partial charge in [0.1, 0.15) is 18.2 Å². The van der Waals surface area contributed by atoms with Crippen molar-refractivity contribution >= 4 is 12.0 Å². The largest absolute Gasteiger partial charge is 0.492 e. The summed E-state index contributed by atoms with van der Waals surface area (Å²) in [6, 6.07) is 5.87. The molecule has 2 rings (SSSR count). The normalized spacial score (nSPS) is 10.8. The second kappa shape index (κ2) is 7.23. The second-order valence-corrected chi connectivity index (χ2v) is 4.38. The van der Waals surface area contributed by atoms with Crippen LogP contribution in [0.25, 0.3) is 6.08 Å². The van der Waals surface area contributed by atoms with Gasteiger partial charge in [-0.3, -0.25) is 9.48 Å². The maximum absolute atomic E-state index is 12.9. The van der Waals surface area contributed by atoms with E-state index in [0.717, 1.165) is 5.56 Å². The lowest BCUT2D eigenvalue weighted by atomic mass is 10.3. The Balaban J connectivity index is 1.68. The quantitative estimate of drug-likeness (QED) is 0.651. The molecule has 0 aliphatic carbocycles. The minimum absolute atomic E-state index is 0.221. The zero-order valence-electron chi connectivity index (χ0n) is 11.6. The van der Waals surface area contributed by atoms with Crippen LogP contribution in [0.2, 0.25) is 0 Å². The van der Waals surface area contributed by atoms with Gasteiger partial charge in [0.05, 0.1) is 12.7 Å². The summed E-state index contributed by atoms with van der Waals surface area (Å²) in [6.07, 6.45) is 6.57. The molecule has 6 heteroatoms. The zero-order chi connectivity index (χ0) is 15.1. The van der Waals surface area contributed by atoms with Crippen LogP contribution in [0.5, 0.6) is 5.75 Å². The van der Waals surface area contributed by atoms with Gasteiger partial charge in [-0.2, -0.15) is 5.10 Å². The van der Waals surface area contributed by atoms with Gasteiger partial charge >= 0.3 is 0 Å². The summed E-state index contributed by atoms with van der Waals surface area (Å²) >= 11 is 0. The minimum atomic E-state index is -0.351. The third kappa shape index (κ3) is 5.10. The molecule has 1 amide bonds. The van der Waals surface area contributed by atoms with Crippen molar-refractivity contribution < 1.29 is 13.9 Å². The first-order valence-electron chi connectivity index (χ1n) is 6.46. The maximum atomic E-state index is 12.9. The van der Waals surface area contributed by atoms with E-state index in [1.807, 2.05) is 0 Å². The fourth-order valence-electron chi connectivity index (χ4n) is 1.66. The van der Waals surface area contributed by atoms with E-state index in [2.05, 4.69) is 10.4 Å². The number of nitrogens with one attached hydrogen (secondary N) is 1. The molecule has 0 aliphatic heterocycles. The maximum Gasteiger partial charge on any atom is 0.244 e. The van der Waals surface area contributed by atoms with Crippen molar-refractivity contribution in [3.05, 3.63) is 54.1 Å².